The van der Waals surface area contributed by atoms with Crippen molar-refractivity contribution in [1.29, 1.82) is 0 Å². The molecule has 2 amide bonds. The number of hydrogen-bond acceptors (Lipinski definition) is 4. The molecule has 0 radical (unpaired) electrons. The lowest BCUT2D eigenvalue weighted by atomic mass is 9.73. The smallest absolute Gasteiger partial charge is 0.416 e. The van der Waals surface area contributed by atoms with Crippen molar-refractivity contribution >= 4 is 22.6 Å². The van der Waals surface area contributed by atoms with Crippen LogP contribution >= 0.6 is 0 Å². The molecule has 0 saturated carbocycles. The van der Waals surface area contributed by atoms with Gasteiger partial charge in [0.2, 0.25) is 0 Å². The molecule has 5 atom stereocenters. The number of piperidine rings is 3. The molecule has 41 heavy (non-hydrogen) atoms. The molecule has 3 saturated heterocycles. The zero-order chi connectivity index (χ0) is 29.5. The van der Waals surface area contributed by atoms with E-state index < -0.39 is 41.2 Å². The Labute approximate surface area is 232 Å². The van der Waals surface area contributed by atoms with Gasteiger partial charge in [-0.3, -0.25) is 9.88 Å². The Bertz CT molecular complexity index is 1430. The van der Waals surface area contributed by atoms with Crippen molar-refractivity contribution in [2.24, 2.45) is 11.8 Å². The second kappa shape index (κ2) is 10.9. The maximum absolute atomic E-state index is 13.4. The Balaban J connectivity index is 1.51. The number of ether oxygens (including phenoxy) is 1. The maximum Gasteiger partial charge on any atom is 0.416 e. The van der Waals surface area contributed by atoms with Crippen LogP contribution in [0.3, 0.4) is 0 Å². The van der Waals surface area contributed by atoms with Crippen molar-refractivity contribution in [2.45, 2.75) is 37.3 Å². The first kappa shape index (κ1) is 28.7. The van der Waals surface area contributed by atoms with Crippen LogP contribution in [0, 0.1) is 11.8 Å². The number of halogens is 6. The minimum atomic E-state index is -5.04. The normalized spacial score (nSPS) is 23.2. The fourth-order valence-corrected chi connectivity index (χ4v) is 5.99. The monoisotopic (exact) mass is 578 g/mol. The molecule has 12 heteroatoms. The number of hydrogen-bond donors (Lipinski definition) is 2. The number of benzene rings is 2. The molecule has 4 heterocycles. The van der Waals surface area contributed by atoms with Crippen LogP contribution in [-0.4, -0.2) is 42.2 Å². The van der Waals surface area contributed by atoms with Gasteiger partial charge in [0, 0.05) is 29.9 Å². The van der Waals surface area contributed by atoms with E-state index in [1.165, 1.54) is 7.11 Å². The SMILES string of the molecule is C=CC1CN2CC[C@H]1C[C@H]2[C@@H](NC(=O)Nc1cc(C(F)(F)F)cc(C(F)(F)F)c1)c1ccnc2ccc(OC)cc12. The second-order valence-corrected chi connectivity index (χ2v) is 10.4. The lowest BCUT2D eigenvalue weighted by Crippen LogP contribution is -2.57. The van der Waals surface area contributed by atoms with Gasteiger partial charge in [0.1, 0.15) is 5.75 Å². The van der Waals surface area contributed by atoms with Crippen LogP contribution in [-0.2, 0) is 12.4 Å². The van der Waals surface area contributed by atoms with Gasteiger partial charge in [0.25, 0.3) is 0 Å². The number of amides is 2. The molecule has 218 valence electrons. The molecule has 0 aliphatic carbocycles. The van der Waals surface area contributed by atoms with Gasteiger partial charge in [0.15, 0.2) is 0 Å². The number of nitrogens with one attached hydrogen (secondary N) is 2. The standard InChI is InChI=1S/C29H28F6N4O2/c1-3-16-15-39-9-7-17(16)10-25(39)26(22-6-8-36-24-5-4-21(41-2)14-23(22)24)38-27(40)37-20-12-18(28(30,31)32)11-19(13-20)29(33,34)35/h3-6,8,11-14,16-17,25-26H,1,7,9-10,15H2,2H3,(H2,37,38,40)/t16?,17-,25-,26-/m0/s1. The van der Waals surface area contributed by atoms with Crippen molar-refractivity contribution in [3.8, 4) is 5.75 Å². The Hall–Kier alpha value is -3.80. The number of carbonyl (C=O) groups is 1. The van der Waals surface area contributed by atoms with Crippen LogP contribution in [0.1, 0.15) is 35.6 Å². The Morgan fingerprint density at radius 2 is 1.80 bits per heavy atom. The van der Waals surface area contributed by atoms with Crippen LogP contribution in [0.5, 0.6) is 5.75 Å². The number of alkyl halides is 6. The minimum Gasteiger partial charge on any atom is -0.497 e. The number of methoxy groups -OCH3 is 1. The van der Waals surface area contributed by atoms with E-state index in [1.807, 2.05) is 6.08 Å². The first-order chi connectivity index (χ1) is 19.4. The largest absolute Gasteiger partial charge is 0.497 e. The molecule has 1 aromatic heterocycles. The highest BCUT2D eigenvalue weighted by molar-refractivity contribution is 5.91. The van der Waals surface area contributed by atoms with E-state index in [2.05, 4.69) is 27.1 Å². The maximum atomic E-state index is 13.4. The van der Waals surface area contributed by atoms with Crippen LogP contribution in [0.15, 0.2) is 61.3 Å². The van der Waals surface area contributed by atoms with Gasteiger partial charge in [-0.15, -0.1) is 6.58 Å². The number of aromatic nitrogens is 1. The summed E-state index contributed by atoms with van der Waals surface area (Å²) < 4.78 is 85.7. The lowest BCUT2D eigenvalue weighted by Gasteiger charge is -2.51. The first-order valence-corrected chi connectivity index (χ1v) is 13.0. The number of fused-ring (bicyclic) bond motifs is 4. The van der Waals surface area contributed by atoms with Gasteiger partial charge in [-0.05, 0) is 79.3 Å². The fourth-order valence-electron chi connectivity index (χ4n) is 5.99. The third-order valence-corrected chi connectivity index (χ3v) is 7.99. The van der Waals surface area contributed by atoms with Gasteiger partial charge in [-0.1, -0.05) is 6.08 Å². The fraction of sp³-hybridized carbons (Fsp3) is 0.379. The predicted molar refractivity (Wildman–Crippen MR) is 141 cm³/mol. The number of carbonyl (C=O) groups excluding carboxylic acids is 1. The summed E-state index contributed by atoms with van der Waals surface area (Å²) in [5, 5.41) is 5.79. The number of urea groups is 1. The van der Waals surface area contributed by atoms with E-state index in [4.69, 9.17) is 4.74 Å². The molecule has 3 fully saturated rings. The van der Waals surface area contributed by atoms with E-state index >= 15 is 0 Å². The molecular formula is C29H28F6N4O2. The van der Waals surface area contributed by atoms with Gasteiger partial charge in [0.05, 0.1) is 29.8 Å². The number of rotatable bonds is 6. The molecule has 6 rings (SSSR count). The van der Waals surface area contributed by atoms with Crippen LogP contribution in [0.4, 0.5) is 36.8 Å². The molecule has 6 nitrogen and oxygen atoms in total. The summed E-state index contributed by atoms with van der Waals surface area (Å²) in [6.07, 6.45) is -4.87. The molecule has 2 unspecified atom stereocenters. The molecule has 2 N–H and O–H groups in total. The van der Waals surface area contributed by atoms with E-state index in [-0.39, 0.29) is 18.0 Å². The molecule has 2 aromatic carbocycles. The highest BCUT2D eigenvalue weighted by Crippen LogP contribution is 2.43. The van der Waals surface area contributed by atoms with Gasteiger partial charge >= 0.3 is 18.4 Å². The first-order valence-electron chi connectivity index (χ1n) is 13.0. The number of pyridine rings is 1. The summed E-state index contributed by atoms with van der Waals surface area (Å²) in [6, 6.07) is 6.28. The van der Waals surface area contributed by atoms with Crippen LogP contribution in [0.2, 0.25) is 0 Å². The molecule has 0 spiro atoms. The highest BCUT2D eigenvalue weighted by Gasteiger charge is 2.43. The summed E-state index contributed by atoms with van der Waals surface area (Å²) in [4.78, 5) is 19.9. The zero-order valence-corrected chi connectivity index (χ0v) is 22.0. The van der Waals surface area contributed by atoms with Crippen molar-refractivity contribution < 1.29 is 35.9 Å². The molecule has 3 aliphatic heterocycles. The summed E-state index contributed by atoms with van der Waals surface area (Å²) in [5.41, 5.74) is -2.31. The van der Waals surface area contributed by atoms with Crippen molar-refractivity contribution in [2.75, 3.05) is 25.5 Å². The Morgan fingerprint density at radius 1 is 1.10 bits per heavy atom. The van der Waals surface area contributed by atoms with Crippen molar-refractivity contribution in [1.82, 2.24) is 15.2 Å². The van der Waals surface area contributed by atoms with E-state index in [0.29, 0.717) is 40.3 Å². The van der Waals surface area contributed by atoms with Crippen molar-refractivity contribution in [3.05, 3.63) is 78.0 Å². The number of anilines is 1. The van der Waals surface area contributed by atoms with Gasteiger partial charge in [-0.2, -0.15) is 26.3 Å². The van der Waals surface area contributed by atoms with Crippen LogP contribution in [0.25, 0.3) is 10.9 Å². The topological polar surface area (TPSA) is 66.5 Å². The summed E-state index contributed by atoms with van der Waals surface area (Å²) in [6.45, 7) is 5.46. The Kier molecular flexibility index (Phi) is 7.62. The molecular weight excluding hydrogens is 550 g/mol. The van der Waals surface area contributed by atoms with E-state index in [1.54, 1.807) is 30.5 Å². The average molecular weight is 579 g/mol. The Morgan fingerprint density at radius 3 is 2.39 bits per heavy atom. The summed E-state index contributed by atoms with van der Waals surface area (Å²) in [7, 11) is 1.52. The van der Waals surface area contributed by atoms with Gasteiger partial charge < -0.3 is 15.4 Å². The predicted octanol–water partition coefficient (Wildman–Crippen LogP) is 7.04. The molecule has 2 bridgehead atoms. The van der Waals surface area contributed by atoms with E-state index in [9.17, 15) is 31.1 Å². The summed E-state index contributed by atoms with van der Waals surface area (Å²) in [5.74, 6) is 1.18. The summed E-state index contributed by atoms with van der Waals surface area (Å²) >= 11 is 0. The quantitative estimate of drug-likeness (QED) is 0.243. The van der Waals surface area contributed by atoms with Gasteiger partial charge in [-0.25, -0.2) is 4.79 Å². The van der Waals surface area contributed by atoms with Crippen LogP contribution < -0.4 is 15.4 Å². The second-order valence-electron chi connectivity index (χ2n) is 10.4. The third-order valence-electron chi connectivity index (χ3n) is 7.99. The average Bonchev–Trinajstić information content (AvgIpc) is 2.94. The lowest BCUT2D eigenvalue weighted by molar-refractivity contribution is -0.143. The minimum absolute atomic E-state index is 0.0183. The molecule has 3 aromatic rings. The van der Waals surface area contributed by atoms with E-state index in [0.717, 1.165) is 25.9 Å². The number of nitrogens with zero attached hydrogens (tertiary/aromatic N) is 2. The molecule has 3 aliphatic rings. The van der Waals surface area contributed by atoms with Crippen molar-refractivity contribution in [3.63, 3.8) is 0 Å². The zero-order valence-electron chi connectivity index (χ0n) is 22.0. The third kappa shape index (κ3) is 5.97. The highest BCUT2D eigenvalue weighted by atomic mass is 19.4.